The van der Waals surface area contributed by atoms with Gasteiger partial charge in [-0.25, -0.2) is 4.39 Å². The second-order valence-corrected chi connectivity index (χ2v) is 8.28. The Labute approximate surface area is 177 Å². The average Bonchev–Trinajstić information content (AvgIpc) is 2.73. The second-order valence-electron chi connectivity index (χ2n) is 6.89. The molecule has 0 aliphatic rings. The number of benzene rings is 3. The van der Waals surface area contributed by atoms with Crippen molar-refractivity contribution in [3.8, 4) is 11.3 Å². The highest BCUT2D eigenvalue weighted by atomic mass is 32.2. The lowest BCUT2D eigenvalue weighted by molar-refractivity contribution is 0.484. The number of fused-ring (bicyclic) bond motifs is 1. The van der Waals surface area contributed by atoms with Gasteiger partial charge in [0.05, 0.1) is 17.6 Å². The smallest absolute Gasteiger partial charge is 0.295 e. The average molecular weight is 436 g/mol. The van der Waals surface area contributed by atoms with E-state index in [4.69, 9.17) is 5.73 Å². The first-order valence-corrected chi connectivity index (χ1v) is 10.6. The molecule has 3 N–H and O–H groups in total. The summed E-state index contributed by atoms with van der Waals surface area (Å²) in [5.41, 5.74) is 9.09. The molecule has 9 heteroatoms. The molecular formula is C22H17FN4O3S. The molecule has 0 saturated carbocycles. The number of nitrogen functional groups attached to an aromatic ring is 1. The van der Waals surface area contributed by atoms with Crippen LogP contribution in [0.5, 0.6) is 0 Å². The van der Waals surface area contributed by atoms with Crippen LogP contribution < -0.4 is 5.73 Å². The third kappa shape index (κ3) is 4.14. The van der Waals surface area contributed by atoms with Gasteiger partial charge in [0.2, 0.25) is 0 Å². The molecule has 4 aromatic rings. The summed E-state index contributed by atoms with van der Waals surface area (Å²) in [6, 6.07) is 15.6. The highest BCUT2D eigenvalue weighted by molar-refractivity contribution is 7.86. The summed E-state index contributed by atoms with van der Waals surface area (Å²) in [5, 5.41) is 8.88. The summed E-state index contributed by atoms with van der Waals surface area (Å²) >= 11 is 0. The minimum Gasteiger partial charge on any atom is -0.396 e. The number of halogens is 1. The number of rotatable bonds is 4. The highest BCUT2D eigenvalue weighted by Gasteiger charge is 2.18. The van der Waals surface area contributed by atoms with Gasteiger partial charge in [-0.15, -0.1) is 10.2 Å². The quantitative estimate of drug-likeness (QED) is 0.245. The third-order valence-corrected chi connectivity index (χ3v) is 5.68. The van der Waals surface area contributed by atoms with Crippen LogP contribution in [-0.2, 0) is 10.1 Å². The van der Waals surface area contributed by atoms with E-state index in [0.717, 1.165) is 11.1 Å². The van der Waals surface area contributed by atoms with Crippen molar-refractivity contribution in [2.75, 3.05) is 5.73 Å². The van der Waals surface area contributed by atoms with Crippen LogP contribution in [0.2, 0.25) is 0 Å². The van der Waals surface area contributed by atoms with Crippen LogP contribution >= 0.6 is 0 Å². The maximum absolute atomic E-state index is 13.3. The van der Waals surface area contributed by atoms with Gasteiger partial charge < -0.3 is 5.73 Å². The van der Waals surface area contributed by atoms with Crippen LogP contribution in [0, 0.1) is 12.7 Å². The number of nitrogens with two attached hydrogens (primary N) is 1. The lowest BCUT2D eigenvalue weighted by Gasteiger charge is -2.09. The van der Waals surface area contributed by atoms with Crippen LogP contribution in [0.15, 0.2) is 82.0 Å². The Morgan fingerprint density at radius 1 is 1.00 bits per heavy atom. The molecule has 4 rings (SSSR count). The Balaban J connectivity index is 1.71. The van der Waals surface area contributed by atoms with Gasteiger partial charge in [-0.2, -0.15) is 8.42 Å². The summed E-state index contributed by atoms with van der Waals surface area (Å²) in [6.45, 7) is 1.79. The summed E-state index contributed by atoms with van der Waals surface area (Å²) < 4.78 is 46.5. The number of aromatic nitrogens is 1. The molecule has 1 aromatic heterocycles. The van der Waals surface area contributed by atoms with Crippen LogP contribution in [0.4, 0.5) is 21.5 Å². The molecule has 156 valence electrons. The fourth-order valence-corrected chi connectivity index (χ4v) is 3.99. The fraction of sp³-hybridized carbons (Fsp3) is 0.0455. The molecule has 31 heavy (non-hydrogen) atoms. The van der Waals surface area contributed by atoms with E-state index in [1.807, 2.05) is 0 Å². The zero-order chi connectivity index (χ0) is 22.2. The Bertz CT molecular complexity index is 1440. The van der Waals surface area contributed by atoms with Gasteiger partial charge in [0, 0.05) is 16.3 Å². The van der Waals surface area contributed by atoms with Crippen LogP contribution in [-0.4, -0.2) is 18.0 Å². The van der Waals surface area contributed by atoms with Gasteiger partial charge in [0.15, 0.2) is 0 Å². The van der Waals surface area contributed by atoms with Crippen molar-refractivity contribution in [2.45, 2.75) is 11.8 Å². The van der Waals surface area contributed by atoms with Crippen molar-refractivity contribution >= 4 is 38.0 Å². The summed E-state index contributed by atoms with van der Waals surface area (Å²) in [7, 11) is -4.49. The number of pyridine rings is 1. The monoisotopic (exact) mass is 436 g/mol. The first-order chi connectivity index (χ1) is 14.7. The molecular weight excluding hydrogens is 419 g/mol. The third-order valence-electron chi connectivity index (χ3n) is 4.79. The van der Waals surface area contributed by atoms with E-state index in [1.54, 1.807) is 49.4 Å². The Morgan fingerprint density at radius 3 is 2.39 bits per heavy atom. The van der Waals surface area contributed by atoms with E-state index in [1.165, 1.54) is 24.4 Å². The van der Waals surface area contributed by atoms with E-state index < -0.39 is 10.1 Å². The molecule has 0 atom stereocenters. The van der Waals surface area contributed by atoms with E-state index in [-0.39, 0.29) is 22.1 Å². The zero-order valence-electron chi connectivity index (χ0n) is 16.3. The molecule has 0 aliphatic heterocycles. The van der Waals surface area contributed by atoms with E-state index in [9.17, 15) is 17.4 Å². The van der Waals surface area contributed by atoms with Crippen LogP contribution in [0.25, 0.3) is 22.0 Å². The van der Waals surface area contributed by atoms with Crippen molar-refractivity contribution in [3.63, 3.8) is 0 Å². The van der Waals surface area contributed by atoms with Gasteiger partial charge in [-0.3, -0.25) is 9.54 Å². The van der Waals surface area contributed by atoms with E-state index >= 15 is 0 Å². The molecule has 0 radical (unpaired) electrons. The Kier molecular flexibility index (Phi) is 5.22. The van der Waals surface area contributed by atoms with Crippen molar-refractivity contribution in [1.29, 1.82) is 0 Å². The number of aryl methyl sites for hydroxylation is 1. The number of anilines is 1. The SMILES string of the molecule is Cc1cc(F)ccc1-c1ccc(/N=N/c2cc(S(=O)(=O)O)c3ccccc3c2N)cn1. The molecule has 0 unspecified atom stereocenters. The number of hydrogen-bond donors (Lipinski definition) is 2. The number of hydrogen-bond acceptors (Lipinski definition) is 6. The van der Waals surface area contributed by atoms with Crippen molar-refractivity contribution in [2.24, 2.45) is 10.2 Å². The van der Waals surface area contributed by atoms with Gasteiger partial charge in [0.25, 0.3) is 10.1 Å². The van der Waals surface area contributed by atoms with Crippen molar-refractivity contribution in [3.05, 3.63) is 78.2 Å². The molecule has 0 spiro atoms. The summed E-state index contributed by atoms with van der Waals surface area (Å²) in [4.78, 5) is 4.04. The van der Waals surface area contributed by atoms with Gasteiger partial charge in [0.1, 0.15) is 22.1 Å². The zero-order valence-corrected chi connectivity index (χ0v) is 17.1. The predicted molar refractivity (Wildman–Crippen MR) is 117 cm³/mol. The largest absolute Gasteiger partial charge is 0.396 e. The first-order valence-electron chi connectivity index (χ1n) is 9.17. The first kappa shape index (κ1) is 20.6. The normalized spacial score (nSPS) is 12.0. The summed E-state index contributed by atoms with van der Waals surface area (Å²) in [6.07, 6.45) is 1.49. The Morgan fingerprint density at radius 2 is 1.74 bits per heavy atom. The summed E-state index contributed by atoms with van der Waals surface area (Å²) in [5.74, 6) is -0.316. The number of azo groups is 1. The molecule has 0 saturated heterocycles. The minimum atomic E-state index is -4.49. The minimum absolute atomic E-state index is 0.102. The standard InChI is InChI=1S/C22H17FN4O3S/c1-13-10-14(23)6-8-16(13)19-9-7-15(12-25-19)26-27-20-11-21(31(28,29)30)17-4-2-3-5-18(17)22(20)24/h2-12H,24H2,1H3,(H,28,29,30)/b27-26+. The highest BCUT2D eigenvalue weighted by Crippen LogP contribution is 2.36. The molecule has 3 aromatic carbocycles. The molecule has 0 aliphatic carbocycles. The maximum atomic E-state index is 13.3. The topological polar surface area (TPSA) is 118 Å². The molecule has 1 heterocycles. The second kappa shape index (κ2) is 7.86. The van der Waals surface area contributed by atoms with Crippen molar-refractivity contribution < 1.29 is 17.4 Å². The molecule has 0 amide bonds. The molecule has 7 nitrogen and oxygen atoms in total. The molecule has 0 fully saturated rings. The van der Waals surface area contributed by atoms with Crippen molar-refractivity contribution in [1.82, 2.24) is 4.98 Å². The van der Waals surface area contributed by atoms with Crippen LogP contribution in [0.1, 0.15) is 5.56 Å². The maximum Gasteiger partial charge on any atom is 0.295 e. The van der Waals surface area contributed by atoms with E-state index in [0.29, 0.717) is 22.2 Å². The van der Waals surface area contributed by atoms with Crippen LogP contribution in [0.3, 0.4) is 0 Å². The molecule has 0 bridgehead atoms. The van der Waals surface area contributed by atoms with Gasteiger partial charge in [-0.1, -0.05) is 24.3 Å². The lowest BCUT2D eigenvalue weighted by atomic mass is 10.1. The Hall–Kier alpha value is -3.69. The van der Waals surface area contributed by atoms with Gasteiger partial charge >= 0.3 is 0 Å². The van der Waals surface area contributed by atoms with Gasteiger partial charge in [-0.05, 0) is 48.9 Å². The predicted octanol–water partition coefficient (Wildman–Crippen LogP) is 5.59. The lowest BCUT2D eigenvalue weighted by Crippen LogP contribution is -2.01. The fourth-order valence-electron chi connectivity index (χ4n) is 3.28. The van der Waals surface area contributed by atoms with E-state index in [2.05, 4.69) is 15.2 Å². The number of nitrogens with zero attached hydrogens (tertiary/aromatic N) is 3.